The standard InChI is InChI=1S/C11H19N5O3S.CH2O2/c1-15(2)20(18,19)7-8-5-16(6-9(8)17)11-13-4-3-10(12)14-11;2-1-3/h3-4,8-9,17H,5-7H2,1-2H3,(H2,12,13,14);1H,(H,2,3)/t8-,9+;/m0./s1. The number of hydrogen-bond donors (Lipinski definition) is 3. The molecular weight excluding hydrogens is 326 g/mol. The highest BCUT2D eigenvalue weighted by atomic mass is 32.2. The van der Waals surface area contributed by atoms with Crippen LogP contribution in [-0.4, -0.2) is 78.4 Å². The number of carboxylic acid groups (broad SMARTS) is 1. The summed E-state index contributed by atoms with van der Waals surface area (Å²) in [5, 5.41) is 16.9. The molecule has 23 heavy (non-hydrogen) atoms. The number of aliphatic hydroxyl groups is 1. The van der Waals surface area contributed by atoms with Crippen molar-refractivity contribution >= 4 is 28.3 Å². The molecule has 2 atom stereocenters. The van der Waals surface area contributed by atoms with Crippen LogP contribution in [-0.2, 0) is 14.8 Å². The van der Waals surface area contributed by atoms with E-state index in [1.54, 1.807) is 11.0 Å². The maximum absolute atomic E-state index is 11.9. The van der Waals surface area contributed by atoms with Crippen LogP contribution < -0.4 is 10.6 Å². The van der Waals surface area contributed by atoms with Crippen molar-refractivity contribution in [2.24, 2.45) is 5.92 Å². The summed E-state index contributed by atoms with van der Waals surface area (Å²) in [4.78, 5) is 18.3. The Morgan fingerprint density at radius 1 is 1.48 bits per heavy atom. The average Bonchev–Trinajstić information content (AvgIpc) is 2.80. The van der Waals surface area contributed by atoms with Gasteiger partial charge in [-0.15, -0.1) is 0 Å². The molecule has 0 spiro atoms. The number of aromatic nitrogens is 2. The molecular formula is C12H21N5O5S. The van der Waals surface area contributed by atoms with Crippen molar-refractivity contribution in [2.75, 3.05) is 43.6 Å². The van der Waals surface area contributed by atoms with Crippen LogP contribution in [0.2, 0.25) is 0 Å². The monoisotopic (exact) mass is 347 g/mol. The van der Waals surface area contributed by atoms with Gasteiger partial charge in [0.1, 0.15) is 5.82 Å². The zero-order valence-corrected chi connectivity index (χ0v) is 13.7. The Morgan fingerprint density at radius 2 is 2.09 bits per heavy atom. The van der Waals surface area contributed by atoms with Crippen LogP contribution in [0.3, 0.4) is 0 Å². The van der Waals surface area contributed by atoms with Crippen molar-refractivity contribution in [3.8, 4) is 0 Å². The lowest BCUT2D eigenvalue weighted by molar-refractivity contribution is -0.122. The fourth-order valence-electron chi connectivity index (χ4n) is 2.12. The Morgan fingerprint density at radius 3 is 2.61 bits per heavy atom. The molecule has 0 saturated carbocycles. The van der Waals surface area contributed by atoms with Crippen LogP contribution in [0.25, 0.3) is 0 Å². The summed E-state index contributed by atoms with van der Waals surface area (Å²) in [5.41, 5.74) is 5.59. The van der Waals surface area contributed by atoms with Crippen molar-refractivity contribution < 1.29 is 23.4 Å². The fraction of sp³-hybridized carbons (Fsp3) is 0.583. The Hall–Kier alpha value is -1.98. The first kappa shape index (κ1) is 19.1. The number of carbonyl (C=O) groups is 1. The number of nitrogens with zero attached hydrogens (tertiary/aromatic N) is 4. The number of sulfonamides is 1. The number of nitrogens with two attached hydrogens (primary N) is 1. The molecule has 0 aromatic carbocycles. The molecule has 0 radical (unpaired) electrons. The molecule has 0 aliphatic carbocycles. The Bertz CT molecular complexity index is 624. The van der Waals surface area contributed by atoms with E-state index in [1.807, 2.05) is 0 Å². The van der Waals surface area contributed by atoms with Crippen molar-refractivity contribution in [1.82, 2.24) is 14.3 Å². The molecule has 2 rings (SSSR count). The second kappa shape index (κ2) is 8.04. The van der Waals surface area contributed by atoms with Gasteiger partial charge in [0.2, 0.25) is 16.0 Å². The van der Waals surface area contributed by atoms with Gasteiger partial charge >= 0.3 is 0 Å². The molecule has 1 fully saturated rings. The van der Waals surface area contributed by atoms with E-state index in [0.717, 1.165) is 0 Å². The summed E-state index contributed by atoms with van der Waals surface area (Å²) in [6.07, 6.45) is 0.809. The third kappa shape index (κ3) is 5.30. The highest BCUT2D eigenvalue weighted by Crippen LogP contribution is 2.23. The van der Waals surface area contributed by atoms with Gasteiger partial charge < -0.3 is 20.8 Å². The lowest BCUT2D eigenvalue weighted by atomic mass is 10.1. The molecule has 0 unspecified atom stereocenters. The molecule has 0 amide bonds. The molecule has 1 aromatic rings. The first-order valence-electron chi connectivity index (χ1n) is 6.70. The molecule has 10 nitrogen and oxygen atoms in total. The predicted molar refractivity (Wildman–Crippen MR) is 84.3 cm³/mol. The lowest BCUT2D eigenvalue weighted by Crippen LogP contribution is -2.33. The van der Waals surface area contributed by atoms with Crippen LogP contribution in [0.5, 0.6) is 0 Å². The van der Waals surface area contributed by atoms with Gasteiger partial charge in [-0.05, 0) is 6.07 Å². The Balaban J connectivity index is 0.000000816. The van der Waals surface area contributed by atoms with Gasteiger partial charge in [-0.1, -0.05) is 0 Å². The van der Waals surface area contributed by atoms with Crippen molar-refractivity contribution in [2.45, 2.75) is 6.10 Å². The lowest BCUT2D eigenvalue weighted by Gasteiger charge is -2.17. The normalized spacial score (nSPS) is 21.0. The summed E-state index contributed by atoms with van der Waals surface area (Å²) in [5.74, 6) is 0.287. The van der Waals surface area contributed by atoms with E-state index in [2.05, 4.69) is 9.97 Å². The fourth-order valence-corrected chi connectivity index (χ4v) is 3.28. The van der Waals surface area contributed by atoms with E-state index in [1.165, 1.54) is 24.6 Å². The van der Waals surface area contributed by atoms with Gasteiger partial charge in [-0.25, -0.2) is 17.7 Å². The highest BCUT2D eigenvalue weighted by Gasteiger charge is 2.36. The predicted octanol–water partition coefficient (Wildman–Crippen LogP) is -1.55. The second-order valence-electron chi connectivity index (χ2n) is 5.18. The molecule has 4 N–H and O–H groups in total. The van der Waals surface area contributed by atoms with Gasteiger partial charge in [-0.2, -0.15) is 4.98 Å². The third-order valence-electron chi connectivity index (χ3n) is 3.33. The number of anilines is 2. The van der Waals surface area contributed by atoms with Gasteiger partial charge in [0.05, 0.1) is 11.9 Å². The zero-order valence-electron chi connectivity index (χ0n) is 12.9. The summed E-state index contributed by atoms with van der Waals surface area (Å²) in [6.45, 7) is 0.439. The molecule has 1 saturated heterocycles. The van der Waals surface area contributed by atoms with E-state index in [0.29, 0.717) is 24.9 Å². The summed E-state index contributed by atoms with van der Waals surface area (Å²) in [7, 11) is -0.384. The van der Waals surface area contributed by atoms with E-state index in [9.17, 15) is 13.5 Å². The SMILES string of the molecule is CN(C)S(=O)(=O)C[C@@H]1CN(c2nccc(N)n2)C[C@H]1O.O=CO. The molecule has 1 aliphatic heterocycles. The minimum Gasteiger partial charge on any atom is -0.483 e. The first-order chi connectivity index (χ1) is 10.7. The van der Waals surface area contributed by atoms with Gasteiger partial charge in [0.15, 0.2) is 0 Å². The minimum absolute atomic E-state index is 0.0972. The number of aliphatic hydroxyl groups excluding tert-OH is 1. The molecule has 1 aromatic heterocycles. The summed E-state index contributed by atoms with van der Waals surface area (Å²) < 4.78 is 24.9. The largest absolute Gasteiger partial charge is 0.483 e. The van der Waals surface area contributed by atoms with Crippen molar-refractivity contribution in [1.29, 1.82) is 0 Å². The molecule has 0 bridgehead atoms. The number of hydrogen-bond acceptors (Lipinski definition) is 8. The average molecular weight is 347 g/mol. The van der Waals surface area contributed by atoms with E-state index in [4.69, 9.17) is 15.6 Å². The highest BCUT2D eigenvalue weighted by molar-refractivity contribution is 7.89. The summed E-state index contributed by atoms with van der Waals surface area (Å²) in [6, 6.07) is 1.57. The van der Waals surface area contributed by atoms with E-state index in [-0.39, 0.29) is 18.1 Å². The molecule has 130 valence electrons. The van der Waals surface area contributed by atoms with E-state index >= 15 is 0 Å². The van der Waals surface area contributed by atoms with Crippen LogP contribution >= 0.6 is 0 Å². The van der Waals surface area contributed by atoms with E-state index < -0.39 is 16.1 Å². The maximum Gasteiger partial charge on any atom is 0.290 e. The maximum atomic E-state index is 11.9. The second-order valence-corrected chi connectivity index (χ2v) is 7.41. The molecule has 2 heterocycles. The minimum atomic E-state index is -3.35. The Kier molecular flexibility index (Phi) is 6.66. The van der Waals surface area contributed by atoms with Crippen LogP contribution in [0.15, 0.2) is 12.3 Å². The first-order valence-corrected chi connectivity index (χ1v) is 8.31. The number of rotatable bonds is 4. The molecule has 1 aliphatic rings. The van der Waals surface area contributed by atoms with Gasteiger partial charge in [0.25, 0.3) is 6.47 Å². The van der Waals surface area contributed by atoms with Gasteiger partial charge in [0, 0.05) is 39.3 Å². The quantitative estimate of drug-likeness (QED) is 0.550. The van der Waals surface area contributed by atoms with Gasteiger partial charge in [-0.3, -0.25) is 4.79 Å². The van der Waals surface area contributed by atoms with Crippen LogP contribution in [0, 0.1) is 5.92 Å². The third-order valence-corrected chi connectivity index (χ3v) is 5.30. The number of β-amino-alcohol motifs (C(OH)–C–C–N with tert-alkyl or cyclic N) is 1. The van der Waals surface area contributed by atoms with Crippen molar-refractivity contribution in [3.05, 3.63) is 12.3 Å². The Labute approximate surface area is 134 Å². The number of nitrogen functional groups attached to an aromatic ring is 1. The van der Waals surface area contributed by atoms with Crippen LogP contribution in [0.4, 0.5) is 11.8 Å². The summed E-state index contributed by atoms with van der Waals surface area (Å²) >= 11 is 0. The smallest absolute Gasteiger partial charge is 0.290 e. The van der Waals surface area contributed by atoms with Crippen LogP contribution in [0.1, 0.15) is 0 Å². The van der Waals surface area contributed by atoms with Crippen molar-refractivity contribution in [3.63, 3.8) is 0 Å². The zero-order chi connectivity index (χ0) is 17.6. The topological polar surface area (TPSA) is 150 Å². The molecule has 11 heteroatoms.